The molecule has 11 aromatic rings. The highest BCUT2D eigenvalue weighted by Gasteiger charge is 2.20. The van der Waals surface area contributed by atoms with Crippen molar-refractivity contribution in [3.05, 3.63) is 188 Å². The van der Waals surface area contributed by atoms with E-state index >= 15 is 0 Å². The molecule has 0 fully saturated rings. The van der Waals surface area contributed by atoms with Crippen molar-refractivity contribution in [1.29, 1.82) is 0 Å². The van der Waals surface area contributed by atoms with Crippen molar-refractivity contribution in [1.82, 2.24) is 24.1 Å². The second-order valence-electron chi connectivity index (χ2n) is 14.8. The fraction of sp³-hybridized carbons (Fsp3) is 0.0392. The van der Waals surface area contributed by atoms with Gasteiger partial charge in [-0.15, -0.1) is 0 Å². The van der Waals surface area contributed by atoms with E-state index in [-0.39, 0.29) is 0 Å². The first-order valence-corrected chi connectivity index (χ1v) is 19.4. The number of furan rings is 1. The molecule has 6 heterocycles. The first-order chi connectivity index (χ1) is 28.3. The normalized spacial score (nSPS) is 13.3. The Bertz CT molecular complexity index is 3460. The smallest absolute Gasteiger partial charge is 0.135 e. The molecule has 1 aliphatic carbocycles. The lowest BCUT2D eigenvalue weighted by Crippen LogP contribution is -1.97. The minimum atomic E-state index is 0.858. The van der Waals surface area contributed by atoms with Crippen molar-refractivity contribution in [2.24, 2.45) is 0 Å². The summed E-state index contributed by atoms with van der Waals surface area (Å²) in [6.07, 6.45) is 12.1. The van der Waals surface area contributed by atoms with Gasteiger partial charge in [0.05, 0.1) is 38.8 Å². The first-order valence-electron chi connectivity index (χ1n) is 19.4. The summed E-state index contributed by atoms with van der Waals surface area (Å²) >= 11 is 0. The number of para-hydroxylation sites is 1. The van der Waals surface area contributed by atoms with Crippen LogP contribution in [0.25, 0.3) is 99.5 Å². The summed E-state index contributed by atoms with van der Waals surface area (Å²) in [5.74, 6) is 0. The highest BCUT2D eigenvalue weighted by Crippen LogP contribution is 2.40. The third-order valence-electron chi connectivity index (χ3n) is 11.6. The summed E-state index contributed by atoms with van der Waals surface area (Å²) in [7, 11) is 0. The highest BCUT2D eigenvalue weighted by atomic mass is 16.3. The molecule has 0 atom stereocenters. The van der Waals surface area contributed by atoms with E-state index in [1.807, 2.05) is 36.8 Å². The SMILES string of the molecule is C1=CC(c2ccccn2)=C(c2ccc3c(c2)c2ncccc2n3-c2ccc3oc4ccc(-c5ccc6c(c5)c5ncccc5n6-c5ccccc5)cc4c3c2)CC1. The second-order valence-corrected chi connectivity index (χ2v) is 14.8. The Morgan fingerprint density at radius 1 is 0.456 bits per heavy atom. The number of hydrogen-bond donors (Lipinski definition) is 0. The lowest BCUT2D eigenvalue weighted by molar-refractivity contribution is 0.669. The molecule has 5 aromatic carbocycles. The summed E-state index contributed by atoms with van der Waals surface area (Å²) in [6, 6.07) is 51.5. The summed E-state index contributed by atoms with van der Waals surface area (Å²) in [5, 5.41) is 4.40. The maximum absolute atomic E-state index is 6.45. The fourth-order valence-electron chi connectivity index (χ4n) is 8.98. The van der Waals surface area contributed by atoms with E-state index in [0.29, 0.717) is 0 Å². The molecule has 0 spiro atoms. The molecule has 6 heteroatoms. The molecule has 268 valence electrons. The third-order valence-corrected chi connectivity index (χ3v) is 11.6. The molecule has 0 amide bonds. The zero-order valence-corrected chi connectivity index (χ0v) is 30.8. The lowest BCUT2D eigenvalue weighted by Gasteiger charge is -2.17. The maximum Gasteiger partial charge on any atom is 0.135 e. The number of nitrogens with zero attached hydrogens (tertiary/aromatic N) is 5. The van der Waals surface area contributed by atoms with Crippen LogP contribution in [0.4, 0.5) is 0 Å². The monoisotopic (exact) mass is 731 g/mol. The Balaban J connectivity index is 0.997. The van der Waals surface area contributed by atoms with Gasteiger partial charge in [0.1, 0.15) is 11.2 Å². The van der Waals surface area contributed by atoms with E-state index in [0.717, 1.165) is 107 Å². The van der Waals surface area contributed by atoms with E-state index < -0.39 is 0 Å². The minimum absolute atomic E-state index is 0.858. The van der Waals surface area contributed by atoms with Gasteiger partial charge in [-0.25, -0.2) is 0 Å². The van der Waals surface area contributed by atoms with Crippen LogP contribution in [0.15, 0.2) is 181 Å². The molecule has 0 bridgehead atoms. The van der Waals surface area contributed by atoms with Crippen molar-refractivity contribution < 1.29 is 4.42 Å². The van der Waals surface area contributed by atoms with Gasteiger partial charge in [-0.2, -0.15) is 0 Å². The molecule has 0 unspecified atom stereocenters. The summed E-state index contributed by atoms with van der Waals surface area (Å²) in [4.78, 5) is 14.5. The number of benzene rings is 5. The van der Waals surface area contributed by atoms with Gasteiger partial charge in [-0.05, 0) is 138 Å². The molecule has 12 rings (SSSR count). The molecule has 0 radical (unpaired) electrons. The highest BCUT2D eigenvalue weighted by molar-refractivity contribution is 6.12. The molecule has 0 aliphatic heterocycles. The Morgan fingerprint density at radius 3 is 1.81 bits per heavy atom. The maximum atomic E-state index is 6.45. The van der Waals surface area contributed by atoms with Crippen molar-refractivity contribution in [2.75, 3.05) is 0 Å². The van der Waals surface area contributed by atoms with Crippen molar-refractivity contribution >= 4 is 77.0 Å². The van der Waals surface area contributed by atoms with Gasteiger partial charge in [0, 0.05) is 57.1 Å². The van der Waals surface area contributed by atoms with Crippen LogP contribution < -0.4 is 0 Å². The Hall–Kier alpha value is -7.57. The van der Waals surface area contributed by atoms with Crippen LogP contribution >= 0.6 is 0 Å². The molecule has 0 saturated heterocycles. The lowest BCUT2D eigenvalue weighted by atomic mass is 9.89. The van der Waals surface area contributed by atoms with E-state index in [9.17, 15) is 0 Å². The molecule has 0 N–H and O–H groups in total. The van der Waals surface area contributed by atoms with Crippen molar-refractivity contribution in [2.45, 2.75) is 12.8 Å². The van der Waals surface area contributed by atoms with E-state index in [2.05, 4.69) is 149 Å². The fourth-order valence-corrected chi connectivity index (χ4v) is 8.98. The molecule has 1 aliphatic rings. The third kappa shape index (κ3) is 4.94. The topological polar surface area (TPSA) is 61.7 Å². The molecule has 0 saturated carbocycles. The minimum Gasteiger partial charge on any atom is -0.456 e. The van der Waals surface area contributed by atoms with Gasteiger partial charge in [-0.1, -0.05) is 54.6 Å². The van der Waals surface area contributed by atoms with Crippen LogP contribution in [-0.2, 0) is 0 Å². The number of hydrogen-bond acceptors (Lipinski definition) is 4. The van der Waals surface area contributed by atoms with E-state index in [1.54, 1.807) is 0 Å². The molecule has 6 nitrogen and oxygen atoms in total. The van der Waals surface area contributed by atoms with Gasteiger partial charge < -0.3 is 13.6 Å². The standard InChI is InChI=1S/C51H33N5O/c1-2-10-35(11-3-1)55-44-21-17-32(29-41(44)50-46(55)15-8-26-53-50)33-19-23-48-39(28-33)40-31-36(20-24-49(40)57-48)56-45-22-18-34(30-42(45)51-47(56)16-9-27-54-51)37-12-4-5-13-38(37)43-14-6-7-25-52-43/h1-3,5-11,13-31H,4,12H2. The average Bonchev–Trinajstić information content (AvgIpc) is 3.93. The number of rotatable bonds is 5. The van der Waals surface area contributed by atoms with Gasteiger partial charge in [-0.3, -0.25) is 15.0 Å². The van der Waals surface area contributed by atoms with Crippen LogP contribution in [0.5, 0.6) is 0 Å². The summed E-state index contributed by atoms with van der Waals surface area (Å²) in [5.41, 5.74) is 17.2. The van der Waals surface area contributed by atoms with Crippen LogP contribution in [0, 0.1) is 0 Å². The van der Waals surface area contributed by atoms with E-state index in [1.165, 1.54) is 16.7 Å². The number of pyridine rings is 3. The predicted octanol–water partition coefficient (Wildman–Crippen LogP) is 12.9. The summed E-state index contributed by atoms with van der Waals surface area (Å²) < 4.78 is 11.1. The van der Waals surface area contributed by atoms with Crippen LogP contribution in [0.3, 0.4) is 0 Å². The van der Waals surface area contributed by atoms with Crippen molar-refractivity contribution in [3.63, 3.8) is 0 Å². The van der Waals surface area contributed by atoms with Gasteiger partial charge >= 0.3 is 0 Å². The Morgan fingerprint density at radius 2 is 1.07 bits per heavy atom. The largest absolute Gasteiger partial charge is 0.456 e. The van der Waals surface area contributed by atoms with Gasteiger partial charge in [0.25, 0.3) is 0 Å². The summed E-state index contributed by atoms with van der Waals surface area (Å²) in [6.45, 7) is 0. The molecule has 6 aromatic heterocycles. The molecule has 57 heavy (non-hydrogen) atoms. The molecular formula is C51H33N5O. The van der Waals surface area contributed by atoms with Gasteiger partial charge in [0.15, 0.2) is 0 Å². The number of aromatic nitrogens is 5. The quantitative estimate of drug-likeness (QED) is 0.177. The number of allylic oxidation sites excluding steroid dienone is 4. The van der Waals surface area contributed by atoms with E-state index in [4.69, 9.17) is 19.4 Å². The molecular weight excluding hydrogens is 699 g/mol. The van der Waals surface area contributed by atoms with Crippen LogP contribution in [-0.4, -0.2) is 24.1 Å². The van der Waals surface area contributed by atoms with Crippen LogP contribution in [0.2, 0.25) is 0 Å². The second kappa shape index (κ2) is 12.5. The van der Waals surface area contributed by atoms with Crippen LogP contribution in [0.1, 0.15) is 24.1 Å². The van der Waals surface area contributed by atoms with Gasteiger partial charge in [0.2, 0.25) is 0 Å². The zero-order valence-electron chi connectivity index (χ0n) is 30.8. The number of fused-ring (bicyclic) bond motifs is 9. The Kier molecular flexibility index (Phi) is 6.95. The average molecular weight is 732 g/mol. The van der Waals surface area contributed by atoms with Crippen molar-refractivity contribution in [3.8, 4) is 22.5 Å². The zero-order chi connectivity index (χ0) is 37.5. The Labute approximate surface area is 327 Å². The first kappa shape index (κ1) is 31.7. The predicted molar refractivity (Wildman–Crippen MR) is 233 cm³/mol.